The smallest absolute Gasteiger partial charge is 0.344 e. The summed E-state index contributed by atoms with van der Waals surface area (Å²) in [6.07, 6.45) is 5.18. The molecule has 0 spiro atoms. The highest BCUT2D eigenvalue weighted by atomic mass is 79.9. The predicted molar refractivity (Wildman–Crippen MR) is 162 cm³/mol. The molecule has 3 heterocycles. The molecule has 4 aromatic rings. The van der Waals surface area contributed by atoms with E-state index in [0.29, 0.717) is 27.1 Å². The van der Waals surface area contributed by atoms with Crippen molar-refractivity contribution in [3.8, 4) is 5.75 Å². The summed E-state index contributed by atoms with van der Waals surface area (Å²) in [6.45, 7) is 2.22. The number of aliphatic hydroxyl groups is 1. The average Bonchev–Trinajstić information content (AvgIpc) is 3.67. The maximum absolute atomic E-state index is 12.8. The van der Waals surface area contributed by atoms with Gasteiger partial charge in [0.25, 0.3) is 0 Å². The number of hydrogen-bond donors (Lipinski definition) is 2. The van der Waals surface area contributed by atoms with E-state index in [9.17, 15) is 14.7 Å². The standard InChI is InChI=1S/C30H26BrN3O6S/c1-3-39-30(37)27-28(36)25(41-29(27)33-20-7-9-21(38-2)10-8-20)13-18-16-34(24-11-6-19(31)14-23(18)24)17-26(35)32-15-22-5-4-12-40-22/h4-14,16,36H,3,15,17H2,1-2H3,(H,32,35)/b25-13-,33-29?. The first kappa shape index (κ1) is 28.3. The first-order valence-corrected chi connectivity index (χ1v) is 14.3. The number of amides is 1. The van der Waals surface area contributed by atoms with E-state index in [0.717, 1.165) is 20.9 Å². The van der Waals surface area contributed by atoms with Gasteiger partial charge in [-0.3, -0.25) is 4.79 Å². The molecule has 9 nitrogen and oxygen atoms in total. The summed E-state index contributed by atoms with van der Waals surface area (Å²) in [5.41, 5.74) is 2.17. The molecule has 2 aromatic heterocycles. The second-order valence-electron chi connectivity index (χ2n) is 8.90. The Labute approximate surface area is 248 Å². The van der Waals surface area contributed by atoms with Crippen molar-refractivity contribution in [2.24, 2.45) is 4.99 Å². The molecule has 0 saturated heterocycles. The summed E-state index contributed by atoms with van der Waals surface area (Å²) >= 11 is 4.70. The first-order valence-electron chi connectivity index (χ1n) is 12.7. The Bertz CT molecular complexity index is 1690. The number of fused-ring (bicyclic) bond motifs is 1. The number of aliphatic hydroxyl groups excluding tert-OH is 1. The number of carbonyl (C=O) groups excluding carboxylic acids is 2. The summed E-state index contributed by atoms with van der Waals surface area (Å²) in [7, 11) is 1.58. The molecule has 2 N–H and O–H groups in total. The SMILES string of the molecule is CCOC(=O)C1=C(O)/C(=C/c2cn(CC(=O)NCc3ccco3)c3ccc(Br)cc23)SC1=Nc1ccc(OC)cc1. The van der Waals surface area contributed by atoms with Gasteiger partial charge in [0, 0.05) is 27.1 Å². The minimum Gasteiger partial charge on any atom is -0.506 e. The minimum absolute atomic E-state index is 0.00106. The number of ether oxygens (including phenoxy) is 2. The molecule has 41 heavy (non-hydrogen) atoms. The van der Waals surface area contributed by atoms with E-state index in [1.165, 1.54) is 11.8 Å². The molecule has 1 amide bonds. The maximum atomic E-state index is 12.8. The normalized spacial score (nSPS) is 15.2. The Morgan fingerprint density at radius 3 is 2.71 bits per heavy atom. The van der Waals surface area contributed by atoms with E-state index < -0.39 is 5.97 Å². The summed E-state index contributed by atoms with van der Waals surface area (Å²) in [4.78, 5) is 30.6. The highest BCUT2D eigenvalue weighted by Gasteiger charge is 2.33. The van der Waals surface area contributed by atoms with Crippen molar-refractivity contribution >= 4 is 67.3 Å². The van der Waals surface area contributed by atoms with Gasteiger partial charge in [0.05, 0.1) is 37.1 Å². The van der Waals surface area contributed by atoms with Crippen molar-refractivity contribution in [1.29, 1.82) is 0 Å². The number of carbonyl (C=O) groups is 2. The lowest BCUT2D eigenvalue weighted by molar-refractivity contribution is -0.138. The molecule has 0 atom stereocenters. The van der Waals surface area contributed by atoms with Crippen LogP contribution in [0.5, 0.6) is 5.75 Å². The molecule has 0 saturated carbocycles. The highest BCUT2D eigenvalue weighted by Crippen LogP contribution is 2.41. The number of nitrogens with zero attached hydrogens (tertiary/aromatic N) is 2. The number of hydrogen-bond acceptors (Lipinski definition) is 8. The Balaban J connectivity index is 1.49. The quantitative estimate of drug-likeness (QED) is 0.201. The van der Waals surface area contributed by atoms with Crippen LogP contribution in [-0.4, -0.2) is 40.3 Å². The second kappa shape index (κ2) is 12.5. The number of aromatic nitrogens is 1. The fraction of sp³-hybridized carbons (Fsp3) is 0.167. The van der Waals surface area contributed by atoms with E-state index in [-0.39, 0.29) is 36.9 Å². The fourth-order valence-electron chi connectivity index (χ4n) is 4.26. The third-order valence-electron chi connectivity index (χ3n) is 6.19. The highest BCUT2D eigenvalue weighted by molar-refractivity contribution is 9.10. The van der Waals surface area contributed by atoms with Crippen LogP contribution in [0, 0.1) is 0 Å². The number of furan rings is 1. The van der Waals surface area contributed by atoms with Crippen molar-refractivity contribution in [3.63, 3.8) is 0 Å². The van der Waals surface area contributed by atoms with E-state index in [1.54, 1.807) is 62.8 Å². The minimum atomic E-state index is -0.661. The Hall–Kier alpha value is -4.22. The van der Waals surface area contributed by atoms with Gasteiger partial charge in [-0.05, 0) is 67.6 Å². The number of thioether (sulfide) groups is 1. The summed E-state index contributed by atoms with van der Waals surface area (Å²) in [6, 6.07) is 16.4. The number of nitrogens with one attached hydrogen (secondary N) is 1. The summed E-state index contributed by atoms with van der Waals surface area (Å²) < 4.78 is 18.4. The number of esters is 1. The van der Waals surface area contributed by atoms with E-state index in [2.05, 4.69) is 26.2 Å². The number of benzene rings is 2. The van der Waals surface area contributed by atoms with E-state index in [4.69, 9.17) is 13.9 Å². The van der Waals surface area contributed by atoms with Crippen LogP contribution in [0.3, 0.4) is 0 Å². The molecule has 1 aliphatic rings. The Kier molecular flexibility index (Phi) is 8.65. The van der Waals surface area contributed by atoms with Gasteiger partial charge in [-0.1, -0.05) is 27.7 Å². The molecule has 5 rings (SSSR count). The third-order valence-corrected chi connectivity index (χ3v) is 7.70. The molecule has 0 aliphatic carbocycles. The van der Waals surface area contributed by atoms with Crippen LogP contribution in [-0.2, 0) is 27.4 Å². The van der Waals surface area contributed by atoms with Crippen LogP contribution in [0.4, 0.5) is 5.69 Å². The van der Waals surface area contributed by atoms with Crippen molar-refractivity contribution < 1.29 is 28.6 Å². The van der Waals surface area contributed by atoms with Crippen LogP contribution < -0.4 is 10.1 Å². The molecular weight excluding hydrogens is 610 g/mol. The zero-order chi connectivity index (χ0) is 28.9. The second-order valence-corrected chi connectivity index (χ2v) is 10.8. The van der Waals surface area contributed by atoms with Crippen LogP contribution in [0.1, 0.15) is 18.2 Å². The molecule has 11 heteroatoms. The molecule has 1 aliphatic heterocycles. The van der Waals surface area contributed by atoms with Gasteiger partial charge < -0.3 is 28.9 Å². The largest absolute Gasteiger partial charge is 0.506 e. The molecule has 0 bridgehead atoms. The van der Waals surface area contributed by atoms with Crippen molar-refractivity contribution in [2.75, 3.05) is 13.7 Å². The van der Waals surface area contributed by atoms with Gasteiger partial charge >= 0.3 is 5.97 Å². The van der Waals surface area contributed by atoms with Gasteiger partial charge in [0.15, 0.2) is 0 Å². The number of rotatable bonds is 9. The molecular formula is C30H26BrN3O6S. The predicted octanol–water partition coefficient (Wildman–Crippen LogP) is 6.51. The Morgan fingerprint density at radius 1 is 1.20 bits per heavy atom. The van der Waals surface area contributed by atoms with Gasteiger partial charge in [0.1, 0.15) is 34.4 Å². The third kappa shape index (κ3) is 6.41. The van der Waals surface area contributed by atoms with E-state index >= 15 is 0 Å². The summed E-state index contributed by atoms with van der Waals surface area (Å²) in [5.74, 6) is 0.279. The van der Waals surface area contributed by atoms with Crippen molar-refractivity contribution in [3.05, 3.63) is 99.1 Å². The topological polar surface area (TPSA) is 115 Å². The number of methoxy groups -OCH3 is 1. The first-order chi connectivity index (χ1) is 19.9. The van der Waals surface area contributed by atoms with Crippen molar-refractivity contribution in [2.45, 2.75) is 20.0 Å². The lowest BCUT2D eigenvalue weighted by atomic mass is 10.1. The van der Waals surface area contributed by atoms with Gasteiger partial charge in [-0.25, -0.2) is 9.79 Å². The monoisotopic (exact) mass is 635 g/mol. The van der Waals surface area contributed by atoms with Crippen LogP contribution >= 0.6 is 27.7 Å². The van der Waals surface area contributed by atoms with Crippen LogP contribution in [0.2, 0.25) is 0 Å². The fourth-order valence-corrected chi connectivity index (χ4v) is 5.65. The zero-order valence-electron chi connectivity index (χ0n) is 22.2. The summed E-state index contributed by atoms with van der Waals surface area (Å²) in [5, 5.41) is 15.2. The maximum Gasteiger partial charge on any atom is 0.344 e. The molecule has 2 aromatic carbocycles. The van der Waals surface area contributed by atoms with Crippen LogP contribution in [0.25, 0.3) is 17.0 Å². The average molecular weight is 637 g/mol. The zero-order valence-corrected chi connectivity index (χ0v) is 24.6. The number of halogens is 1. The lowest BCUT2D eigenvalue weighted by Crippen LogP contribution is -2.26. The van der Waals surface area contributed by atoms with Crippen molar-refractivity contribution in [1.82, 2.24) is 9.88 Å². The Morgan fingerprint density at radius 2 is 2.00 bits per heavy atom. The molecule has 0 unspecified atom stereocenters. The lowest BCUT2D eigenvalue weighted by Gasteiger charge is -2.06. The number of aliphatic imine (C=N–C) groups is 1. The van der Waals surface area contributed by atoms with Gasteiger partial charge in [0.2, 0.25) is 5.91 Å². The molecule has 0 radical (unpaired) electrons. The van der Waals surface area contributed by atoms with E-state index in [1.807, 2.05) is 29.0 Å². The molecule has 0 fully saturated rings. The van der Waals surface area contributed by atoms with Crippen LogP contribution in [0.15, 0.2) is 97.2 Å². The van der Waals surface area contributed by atoms with Gasteiger partial charge in [-0.2, -0.15) is 0 Å². The molecule has 210 valence electrons. The van der Waals surface area contributed by atoms with Gasteiger partial charge in [-0.15, -0.1) is 0 Å².